The van der Waals surface area contributed by atoms with Gasteiger partial charge in [-0.3, -0.25) is 4.79 Å². The van der Waals surface area contributed by atoms with Gasteiger partial charge in [0.05, 0.1) is 28.3 Å². The minimum atomic E-state index is -3.25. The lowest BCUT2D eigenvalue weighted by Crippen LogP contribution is -2.35. The molecule has 2 heterocycles. The summed E-state index contributed by atoms with van der Waals surface area (Å²) in [7, 11) is -3.25. The van der Waals surface area contributed by atoms with E-state index in [9.17, 15) is 18.3 Å². The first kappa shape index (κ1) is 16.2. The number of carbonyl (C=O) groups is 1. The van der Waals surface area contributed by atoms with Crippen LogP contribution in [-0.2, 0) is 19.4 Å². The lowest BCUT2D eigenvalue weighted by molar-refractivity contribution is -0.150. The van der Waals surface area contributed by atoms with Crippen LogP contribution in [0.15, 0.2) is 23.2 Å². The molecule has 126 valence electrons. The molecule has 8 heteroatoms. The Bertz CT molecular complexity index is 706. The van der Waals surface area contributed by atoms with Crippen molar-refractivity contribution >= 4 is 21.6 Å². The van der Waals surface area contributed by atoms with Gasteiger partial charge in [0.25, 0.3) is 0 Å². The molecule has 2 unspecified atom stereocenters. The van der Waals surface area contributed by atoms with E-state index in [-0.39, 0.29) is 17.3 Å². The summed E-state index contributed by atoms with van der Waals surface area (Å²) in [6, 6.07) is 3.14. The second-order valence-electron chi connectivity index (χ2n) is 6.37. The molecule has 1 aromatic rings. The molecule has 2 aliphatic rings. The molecule has 1 aromatic heterocycles. The maximum atomic E-state index is 11.7. The monoisotopic (exact) mass is 340 g/mol. The third kappa shape index (κ3) is 2.81. The van der Waals surface area contributed by atoms with Crippen LogP contribution in [-0.4, -0.2) is 49.0 Å². The first-order chi connectivity index (χ1) is 10.8. The average Bonchev–Trinajstić information content (AvgIpc) is 3.11. The highest BCUT2D eigenvalue weighted by atomic mass is 32.2. The fourth-order valence-electron chi connectivity index (χ4n) is 3.33. The van der Waals surface area contributed by atoms with Gasteiger partial charge >= 0.3 is 5.97 Å². The van der Waals surface area contributed by atoms with Gasteiger partial charge in [-0.1, -0.05) is 6.92 Å². The molecule has 2 bridgehead atoms. The van der Waals surface area contributed by atoms with Crippen molar-refractivity contribution in [2.24, 2.45) is 5.41 Å². The number of nitrogens with zero attached hydrogens (tertiary/aromatic N) is 1. The van der Waals surface area contributed by atoms with E-state index in [1.165, 1.54) is 12.3 Å². The first-order valence-electron chi connectivity index (χ1n) is 7.61. The van der Waals surface area contributed by atoms with E-state index in [2.05, 4.69) is 10.3 Å². The van der Waals surface area contributed by atoms with Gasteiger partial charge in [-0.05, 0) is 31.4 Å². The summed E-state index contributed by atoms with van der Waals surface area (Å²) in [5.41, 5.74) is -1.21. The number of aliphatic carboxylic acids is 1. The molecule has 0 aromatic carbocycles. The van der Waals surface area contributed by atoms with Gasteiger partial charge in [0.2, 0.25) is 0 Å². The summed E-state index contributed by atoms with van der Waals surface area (Å²) in [5, 5.41) is 12.5. The van der Waals surface area contributed by atoms with Crippen LogP contribution in [0.3, 0.4) is 0 Å². The molecule has 1 saturated heterocycles. The maximum Gasteiger partial charge on any atom is 0.312 e. The number of hydrogen-bond donors (Lipinski definition) is 2. The number of carboxylic acids is 1. The highest BCUT2D eigenvalue weighted by molar-refractivity contribution is 7.91. The van der Waals surface area contributed by atoms with Crippen molar-refractivity contribution in [1.29, 1.82) is 0 Å². The molecule has 3 rings (SSSR count). The topological polar surface area (TPSA) is 106 Å². The minimum absolute atomic E-state index is 0.0374. The second-order valence-corrected chi connectivity index (χ2v) is 8.65. The summed E-state index contributed by atoms with van der Waals surface area (Å²) in [6.07, 6.45) is 3.18. The Labute approximate surface area is 135 Å². The molecule has 1 saturated carbocycles. The number of carboxylic acid groups (broad SMARTS) is 1. The van der Waals surface area contributed by atoms with Crippen LogP contribution in [0.2, 0.25) is 0 Å². The summed E-state index contributed by atoms with van der Waals surface area (Å²) in [5.74, 6) is -0.197. The van der Waals surface area contributed by atoms with Crippen molar-refractivity contribution in [3.63, 3.8) is 0 Å². The Kier molecular flexibility index (Phi) is 3.84. The summed E-state index contributed by atoms with van der Waals surface area (Å²) in [4.78, 5) is 15.7. The zero-order chi connectivity index (χ0) is 16.7. The van der Waals surface area contributed by atoms with Crippen LogP contribution in [0.25, 0.3) is 0 Å². The molecular formula is C15H20N2O5S. The Morgan fingerprint density at radius 2 is 2.22 bits per heavy atom. The SMILES string of the molecule is CCS(=O)(=O)c1ccc(NCC23CCC(C(=O)O)(CO2)C3)nc1. The van der Waals surface area contributed by atoms with E-state index in [4.69, 9.17) is 4.74 Å². The van der Waals surface area contributed by atoms with E-state index in [1.54, 1.807) is 13.0 Å². The van der Waals surface area contributed by atoms with Crippen LogP contribution < -0.4 is 5.32 Å². The molecule has 0 amide bonds. The van der Waals surface area contributed by atoms with Crippen molar-refractivity contribution in [2.45, 2.75) is 36.7 Å². The number of anilines is 1. The largest absolute Gasteiger partial charge is 0.481 e. The average molecular weight is 340 g/mol. The molecule has 7 nitrogen and oxygen atoms in total. The lowest BCUT2D eigenvalue weighted by atomic mass is 9.88. The molecule has 2 fully saturated rings. The van der Waals surface area contributed by atoms with E-state index < -0.39 is 26.8 Å². The van der Waals surface area contributed by atoms with E-state index in [1.807, 2.05) is 0 Å². The third-order valence-corrected chi connectivity index (χ3v) is 6.62. The quantitative estimate of drug-likeness (QED) is 0.804. The molecule has 0 spiro atoms. The van der Waals surface area contributed by atoms with Crippen molar-refractivity contribution in [3.05, 3.63) is 18.3 Å². The third-order valence-electron chi connectivity index (χ3n) is 4.90. The number of rotatable bonds is 6. The van der Waals surface area contributed by atoms with Gasteiger partial charge in [-0.25, -0.2) is 13.4 Å². The molecule has 2 atom stereocenters. The van der Waals surface area contributed by atoms with Crippen molar-refractivity contribution in [1.82, 2.24) is 4.98 Å². The molecule has 0 radical (unpaired) electrons. The number of pyridine rings is 1. The fourth-order valence-corrected chi connectivity index (χ4v) is 4.15. The predicted octanol–water partition coefficient (Wildman–Crippen LogP) is 1.31. The fraction of sp³-hybridized carbons (Fsp3) is 0.600. The maximum absolute atomic E-state index is 11.7. The number of ether oxygens (including phenoxy) is 1. The summed E-state index contributed by atoms with van der Waals surface area (Å²) >= 11 is 0. The second kappa shape index (κ2) is 5.45. The molecule has 23 heavy (non-hydrogen) atoms. The number of sulfone groups is 1. The van der Waals surface area contributed by atoms with Gasteiger partial charge in [0.1, 0.15) is 5.82 Å². The summed E-state index contributed by atoms with van der Waals surface area (Å²) in [6.45, 7) is 2.31. The van der Waals surface area contributed by atoms with E-state index in [0.29, 0.717) is 31.6 Å². The van der Waals surface area contributed by atoms with Crippen molar-refractivity contribution < 1.29 is 23.1 Å². The molecule has 2 N–H and O–H groups in total. The molecule has 1 aliphatic carbocycles. The van der Waals surface area contributed by atoms with Crippen LogP contribution in [0.5, 0.6) is 0 Å². The minimum Gasteiger partial charge on any atom is -0.481 e. The van der Waals surface area contributed by atoms with Crippen LogP contribution >= 0.6 is 0 Å². The number of hydrogen-bond acceptors (Lipinski definition) is 6. The molecule has 1 aliphatic heterocycles. The highest BCUT2D eigenvalue weighted by Gasteiger charge is 2.59. The Balaban J connectivity index is 1.65. The normalized spacial score (nSPS) is 29.6. The van der Waals surface area contributed by atoms with Crippen molar-refractivity contribution in [3.8, 4) is 0 Å². The number of fused-ring (bicyclic) bond motifs is 2. The zero-order valence-electron chi connectivity index (χ0n) is 12.9. The lowest BCUT2D eigenvalue weighted by Gasteiger charge is -2.27. The van der Waals surface area contributed by atoms with Gasteiger partial charge in [-0.15, -0.1) is 0 Å². The van der Waals surface area contributed by atoms with Gasteiger partial charge in [0, 0.05) is 12.7 Å². The van der Waals surface area contributed by atoms with Crippen LogP contribution in [0.1, 0.15) is 26.2 Å². The number of aromatic nitrogens is 1. The van der Waals surface area contributed by atoms with Crippen LogP contribution in [0.4, 0.5) is 5.82 Å². The van der Waals surface area contributed by atoms with Gasteiger partial charge in [0.15, 0.2) is 9.84 Å². The Hall–Kier alpha value is -1.67. The predicted molar refractivity (Wildman–Crippen MR) is 83.1 cm³/mol. The molecular weight excluding hydrogens is 320 g/mol. The summed E-state index contributed by atoms with van der Waals surface area (Å²) < 4.78 is 29.2. The van der Waals surface area contributed by atoms with E-state index in [0.717, 1.165) is 0 Å². The van der Waals surface area contributed by atoms with E-state index >= 15 is 0 Å². The van der Waals surface area contributed by atoms with Crippen LogP contribution in [0, 0.1) is 5.41 Å². The number of nitrogens with one attached hydrogen (secondary N) is 1. The zero-order valence-corrected chi connectivity index (χ0v) is 13.7. The smallest absolute Gasteiger partial charge is 0.312 e. The first-order valence-corrected chi connectivity index (χ1v) is 9.26. The Morgan fingerprint density at radius 3 is 2.70 bits per heavy atom. The Morgan fingerprint density at radius 1 is 1.43 bits per heavy atom. The van der Waals surface area contributed by atoms with Crippen molar-refractivity contribution in [2.75, 3.05) is 24.2 Å². The highest BCUT2D eigenvalue weighted by Crippen LogP contribution is 2.53. The standard InChI is InChI=1S/C15H20N2O5S/c1-2-23(20,21)11-3-4-12(16-7-11)17-9-15-6-5-14(8-15,10-22-15)13(18)19/h3-4,7H,2,5-6,8-10H2,1H3,(H,16,17)(H,18,19). The van der Waals surface area contributed by atoms with Gasteiger partial charge in [-0.2, -0.15) is 0 Å². The van der Waals surface area contributed by atoms with Gasteiger partial charge < -0.3 is 15.2 Å².